The highest BCUT2D eigenvalue weighted by Crippen LogP contribution is 2.17. The van der Waals surface area contributed by atoms with Crippen molar-refractivity contribution in [2.75, 3.05) is 13.7 Å². The van der Waals surface area contributed by atoms with Gasteiger partial charge in [0, 0.05) is 13.7 Å². The molecule has 0 bridgehead atoms. The van der Waals surface area contributed by atoms with E-state index in [1.54, 1.807) is 27.9 Å². The first-order chi connectivity index (χ1) is 8.35. The Kier molecular flexibility index (Phi) is 4.80. The minimum absolute atomic E-state index is 0.133. The zero-order valence-corrected chi connectivity index (χ0v) is 11.2. The van der Waals surface area contributed by atoms with Gasteiger partial charge in [-0.05, 0) is 27.2 Å². The first-order valence-electron chi connectivity index (χ1n) is 5.73. The van der Waals surface area contributed by atoms with Gasteiger partial charge in [0.05, 0.1) is 6.04 Å². The van der Waals surface area contributed by atoms with E-state index in [0.717, 1.165) is 0 Å². The van der Waals surface area contributed by atoms with Crippen molar-refractivity contribution in [3.05, 3.63) is 11.4 Å². The second-order valence-corrected chi connectivity index (χ2v) is 4.95. The van der Waals surface area contributed by atoms with E-state index in [9.17, 15) is 4.79 Å². The zero-order chi connectivity index (χ0) is 13.8. The van der Waals surface area contributed by atoms with Crippen molar-refractivity contribution in [3.63, 3.8) is 0 Å². The molecule has 0 fully saturated rings. The summed E-state index contributed by atoms with van der Waals surface area (Å²) in [5, 5.41) is 10.1. The monoisotopic (exact) mass is 256 g/mol. The molecule has 0 amide bonds. The molecule has 0 radical (unpaired) electrons. The van der Waals surface area contributed by atoms with Gasteiger partial charge in [-0.1, -0.05) is 0 Å². The van der Waals surface area contributed by atoms with Crippen LogP contribution in [0.15, 0.2) is 0 Å². The lowest BCUT2D eigenvalue weighted by molar-refractivity contribution is 0.00607. The van der Waals surface area contributed by atoms with Crippen LogP contribution in [0.2, 0.25) is 0 Å². The van der Waals surface area contributed by atoms with E-state index in [4.69, 9.17) is 15.2 Å². The van der Waals surface area contributed by atoms with Crippen molar-refractivity contribution >= 4 is 5.97 Å². The highest BCUT2D eigenvalue weighted by molar-refractivity contribution is 5.88. The molecule has 1 unspecified atom stereocenters. The van der Waals surface area contributed by atoms with Crippen LogP contribution in [0.25, 0.3) is 0 Å². The number of H-pyrrole nitrogens is 1. The molecule has 1 aromatic heterocycles. The smallest absolute Gasteiger partial charge is 0.361 e. The molecule has 0 aromatic carbocycles. The topological polar surface area (TPSA) is 103 Å². The summed E-state index contributed by atoms with van der Waals surface area (Å²) < 4.78 is 10.2. The number of carbonyl (C=O) groups excluding carboxylic acids is 1. The third-order valence-corrected chi connectivity index (χ3v) is 2.15. The van der Waals surface area contributed by atoms with Crippen LogP contribution in [0.4, 0.5) is 0 Å². The summed E-state index contributed by atoms with van der Waals surface area (Å²) in [5.74, 6) is -0.529. The van der Waals surface area contributed by atoms with Crippen LogP contribution in [0.3, 0.4) is 0 Å². The molecular formula is C11H20N4O3. The predicted molar refractivity (Wildman–Crippen MR) is 65.0 cm³/mol. The lowest BCUT2D eigenvalue weighted by Gasteiger charge is -2.19. The zero-order valence-electron chi connectivity index (χ0n) is 11.2. The first-order valence-corrected chi connectivity index (χ1v) is 5.73. The van der Waals surface area contributed by atoms with Crippen molar-refractivity contribution in [1.82, 2.24) is 15.4 Å². The Morgan fingerprint density at radius 3 is 2.67 bits per heavy atom. The van der Waals surface area contributed by atoms with Gasteiger partial charge in [0.15, 0.2) is 5.69 Å². The van der Waals surface area contributed by atoms with E-state index >= 15 is 0 Å². The van der Waals surface area contributed by atoms with E-state index in [-0.39, 0.29) is 5.69 Å². The van der Waals surface area contributed by atoms with Gasteiger partial charge in [-0.3, -0.25) is 0 Å². The Morgan fingerprint density at radius 2 is 2.11 bits per heavy atom. The van der Waals surface area contributed by atoms with E-state index in [2.05, 4.69) is 15.4 Å². The molecule has 18 heavy (non-hydrogen) atoms. The fraction of sp³-hybridized carbons (Fsp3) is 0.727. The van der Waals surface area contributed by atoms with Gasteiger partial charge in [0.2, 0.25) is 0 Å². The Labute approximate surface area is 106 Å². The molecule has 0 saturated heterocycles. The highest BCUT2D eigenvalue weighted by atomic mass is 16.6. The summed E-state index contributed by atoms with van der Waals surface area (Å²) >= 11 is 0. The van der Waals surface area contributed by atoms with Crippen molar-refractivity contribution in [2.24, 2.45) is 5.73 Å². The quantitative estimate of drug-likeness (QED) is 0.755. The summed E-state index contributed by atoms with van der Waals surface area (Å²) in [6.07, 6.45) is 0.554. The van der Waals surface area contributed by atoms with Gasteiger partial charge in [-0.25, -0.2) is 4.79 Å². The van der Waals surface area contributed by atoms with Crippen molar-refractivity contribution in [1.29, 1.82) is 0 Å². The van der Waals surface area contributed by atoms with Gasteiger partial charge < -0.3 is 15.2 Å². The van der Waals surface area contributed by atoms with Gasteiger partial charge in [0.1, 0.15) is 11.3 Å². The number of esters is 1. The third kappa shape index (κ3) is 4.08. The van der Waals surface area contributed by atoms with Crippen LogP contribution >= 0.6 is 0 Å². The lowest BCUT2D eigenvalue weighted by Crippen LogP contribution is -2.26. The standard InChI is InChI=1S/C11H20N4O3/c1-11(2,3)18-10(16)9-8(13-15-14-9)7(12)5-6-17-4/h7H,5-6,12H2,1-4H3,(H,13,14,15). The molecule has 1 aromatic rings. The van der Waals surface area contributed by atoms with Crippen molar-refractivity contribution < 1.29 is 14.3 Å². The average Bonchev–Trinajstić information content (AvgIpc) is 2.72. The summed E-state index contributed by atoms with van der Waals surface area (Å²) in [6, 6.07) is -0.411. The molecule has 0 aliphatic carbocycles. The number of nitrogens with one attached hydrogen (secondary N) is 1. The van der Waals surface area contributed by atoms with Crippen LogP contribution in [0, 0.1) is 0 Å². The average molecular weight is 256 g/mol. The fourth-order valence-corrected chi connectivity index (χ4v) is 1.36. The van der Waals surface area contributed by atoms with E-state index in [0.29, 0.717) is 18.7 Å². The lowest BCUT2D eigenvalue weighted by atomic mass is 10.1. The SMILES string of the molecule is COCCC(N)c1n[nH]nc1C(=O)OC(C)(C)C. The number of ether oxygens (including phenoxy) is 2. The summed E-state index contributed by atoms with van der Waals surface area (Å²) in [6.45, 7) is 5.85. The van der Waals surface area contributed by atoms with Gasteiger partial charge in [-0.15, -0.1) is 5.10 Å². The number of rotatable bonds is 5. The fourth-order valence-electron chi connectivity index (χ4n) is 1.36. The molecule has 7 heteroatoms. The Bertz CT molecular complexity index is 397. The maximum Gasteiger partial charge on any atom is 0.361 e. The molecular weight excluding hydrogens is 236 g/mol. The Hall–Kier alpha value is -1.47. The molecule has 0 aliphatic rings. The van der Waals surface area contributed by atoms with Gasteiger partial charge in [0.25, 0.3) is 0 Å². The van der Waals surface area contributed by atoms with Gasteiger partial charge >= 0.3 is 5.97 Å². The molecule has 1 rings (SSSR count). The van der Waals surface area contributed by atoms with Crippen LogP contribution in [0.5, 0.6) is 0 Å². The minimum atomic E-state index is -0.579. The second-order valence-electron chi connectivity index (χ2n) is 4.95. The molecule has 102 valence electrons. The molecule has 0 spiro atoms. The number of nitrogens with two attached hydrogens (primary N) is 1. The van der Waals surface area contributed by atoms with Crippen LogP contribution in [0.1, 0.15) is 49.4 Å². The van der Waals surface area contributed by atoms with Crippen LogP contribution in [-0.2, 0) is 9.47 Å². The Morgan fingerprint density at radius 1 is 1.44 bits per heavy atom. The number of aromatic nitrogens is 3. The maximum atomic E-state index is 11.9. The van der Waals surface area contributed by atoms with Crippen molar-refractivity contribution in [2.45, 2.75) is 38.8 Å². The molecule has 1 atom stereocenters. The molecule has 1 heterocycles. The summed E-state index contributed by atoms with van der Waals surface area (Å²) in [5.41, 5.74) is 5.88. The highest BCUT2D eigenvalue weighted by Gasteiger charge is 2.26. The third-order valence-electron chi connectivity index (χ3n) is 2.15. The van der Waals surface area contributed by atoms with E-state index in [1.807, 2.05) is 0 Å². The summed E-state index contributed by atoms with van der Waals surface area (Å²) in [7, 11) is 1.59. The van der Waals surface area contributed by atoms with Crippen molar-refractivity contribution in [3.8, 4) is 0 Å². The number of carbonyl (C=O) groups is 1. The van der Waals surface area contributed by atoms with Crippen LogP contribution < -0.4 is 5.73 Å². The Balaban J connectivity index is 2.78. The largest absolute Gasteiger partial charge is 0.455 e. The molecule has 0 aliphatic heterocycles. The predicted octanol–water partition coefficient (Wildman–Crippen LogP) is 0.796. The second kappa shape index (κ2) is 5.92. The molecule has 0 saturated carbocycles. The first kappa shape index (κ1) is 14.6. The van der Waals surface area contributed by atoms with Gasteiger partial charge in [-0.2, -0.15) is 10.3 Å². The van der Waals surface area contributed by atoms with E-state index in [1.165, 1.54) is 0 Å². The normalized spacial score (nSPS) is 13.4. The minimum Gasteiger partial charge on any atom is -0.455 e. The van der Waals surface area contributed by atoms with E-state index < -0.39 is 17.6 Å². The number of hydrogen-bond acceptors (Lipinski definition) is 6. The molecule has 7 nitrogen and oxygen atoms in total. The number of aromatic amines is 1. The maximum absolute atomic E-state index is 11.9. The van der Waals surface area contributed by atoms with Crippen LogP contribution in [-0.4, -0.2) is 40.7 Å². The summed E-state index contributed by atoms with van der Waals surface area (Å²) in [4.78, 5) is 11.9. The number of hydrogen-bond donors (Lipinski definition) is 2. The number of nitrogens with zero attached hydrogens (tertiary/aromatic N) is 2. The number of methoxy groups -OCH3 is 1. The molecule has 3 N–H and O–H groups in total.